The Morgan fingerprint density at radius 2 is 2.03 bits per heavy atom. The minimum absolute atomic E-state index is 0.0715. The van der Waals surface area contributed by atoms with Crippen molar-refractivity contribution in [2.24, 2.45) is 27.7 Å². The highest BCUT2D eigenvalue weighted by Crippen LogP contribution is 2.42. The predicted molar refractivity (Wildman–Crippen MR) is 131 cm³/mol. The van der Waals surface area contributed by atoms with Gasteiger partial charge in [-0.05, 0) is 51.0 Å². The second-order valence-corrected chi connectivity index (χ2v) is 10.9. The standard InChI is InChI=1S/C26H37FN6O/c1-17(27)31-11-12-32(16-31)20-9-10-21-22(13-20)25(34)33(19-5-3-2-4-6-19)24-23(21)15-29-26(30-24)28-14-18-7-8-18/h9,13,15,17-19,21,23-24H,2-8,10-12,14,16H2,1H3,(H,28,30). The second-order valence-electron chi connectivity index (χ2n) is 10.9. The van der Waals surface area contributed by atoms with Crippen molar-refractivity contribution >= 4 is 18.1 Å². The number of fused-ring (bicyclic) bond motifs is 3. The smallest absolute Gasteiger partial charge is 0.252 e. The fourth-order valence-corrected chi connectivity index (χ4v) is 6.33. The van der Waals surface area contributed by atoms with Crippen molar-refractivity contribution < 1.29 is 9.18 Å². The lowest BCUT2D eigenvalue weighted by Crippen LogP contribution is -2.65. The molecule has 0 radical (unpaired) electrons. The van der Waals surface area contributed by atoms with Crippen LogP contribution in [0.25, 0.3) is 0 Å². The first-order valence-corrected chi connectivity index (χ1v) is 13.3. The van der Waals surface area contributed by atoms with E-state index >= 15 is 0 Å². The third-order valence-corrected chi connectivity index (χ3v) is 8.58. The topological polar surface area (TPSA) is 63.5 Å². The highest BCUT2D eigenvalue weighted by molar-refractivity contribution is 6.00. The van der Waals surface area contributed by atoms with Crippen LogP contribution >= 0.6 is 0 Å². The number of likely N-dealkylation sites (tertiary alicyclic amines) is 1. The Balaban J connectivity index is 1.28. The molecule has 4 unspecified atom stereocenters. The van der Waals surface area contributed by atoms with Gasteiger partial charge in [-0.25, -0.2) is 9.38 Å². The van der Waals surface area contributed by atoms with Crippen molar-refractivity contribution in [2.45, 2.75) is 76.8 Å². The molecule has 2 saturated carbocycles. The summed E-state index contributed by atoms with van der Waals surface area (Å²) in [7, 11) is 0. The lowest BCUT2D eigenvalue weighted by atomic mass is 9.73. The van der Waals surface area contributed by atoms with E-state index in [4.69, 9.17) is 9.98 Å². The summed E-state index contributed by atoms with van der Waals surface area (Å²) in [6, 6.07) is 0.267. The number of amides is 1. The Kier molecular flexibility index (Phi) is 5.95. The van der Waals surface area contributed by atoms with E-state index in [0.717, 1.165) is 43.6 Å². The molecule has 6 aliphatic rings. The number of nitrogens with zero attached hydrogens (tertiary/aromatic N) is 5. The fraction of sp³-hybridized carbons (Fsp3) is 0.731. The molecule has 1 amide bonds. The van der Waals surface area contributed by atoms with Gasteiger partial charge in [0.15, 0.2) is 6.30 Å². The van der Waals surface area contributed by atoms with Gasteiger partial charge in [-0.1, -0.05) is 25.3 Å². The minimum Gasteiger partial charge on any atom is -0.357 e. The molecular weight excluding hydrogens is 431 g/mol. The van der Waals surface area contributed by atoms with Crippen LogP contribution in [-0.4, -0.2) is 77.6 Å². The number of guanidine groups is 1. The lowest BCUT2D eigenvalue weighted by molar-refractivity contribution is -0.138. The monoisotopic (exact) mass is 468 g/mol. The fourth-order valence-electron chi connectivity index (χ4n) is 6.33. The lowest BCUT2D eigenvalue weighted by Gasteiger charge is -2.51. The van der Waals surface area contributed by atoms with E-state index < -0.39 is 6.30 Å². The Bertz CT molecular complexity index is 932. The van der Waals surface area contributed by atoms with Gasteiger partial charge in [-0.3, -0.25) is 14.7 Å². The van der Waals surface area contributed by atoms with Crippen molar-refractivity contribution in [3.8, 4) is 0 Å². The summed E-state index contributed by atoms with van der Waals surface area (Å²) in [5.41, 5.74) is 1.97. The number of carbonyl (C=O) groups is 1. The van der Waals surface area contributed by atoms with Crippen LogP contribution in [0.4, 0.5) is 4.39 Å². The Labute approximate surface area is 201 Å². The Morgan fingerprint density at radius 3 is 2.76 bits per heavy atom. The van der Waals surface area contributed by atoms with E-state index in [1.165, 1.54) is 32.1 Å². The minimum atomic E-state index is -0.950. The molecule has 3 aliphatic heterocycles. The summed E-state index contributed by atoms with van der Waals surface area (Å²) in [6.45, 7) is 4.52. The van der Waals surface area contributed by atoms with Gasteiger partial charge in [-0.15, -0.1) is 0 Å². The zero-order chi connectivity index (χ0) is 23.2. The summed E-state index contributed by atoms with van der Waals surface area (Å²) in [5, 5.41) is 3.58. The van der Waals surface area contributed by atoms with Gasteiger partial charge in [0.05, 0.1) is 6.67 Å². The molecule has 4 atom stereocenters. The molecule has 2 saturated heterocycles. The third-order valence-electron chi connectivity index (χ3n) is 8.58. The van der Waals surface area contributed by atoms with Crippen LogP contribution in [0, 0.1) is 17.8 Å². The number of halogens is 1. The van der Waals surface area contributed by atoms with E-state index in [2.05, 4.69) is 33.5 Å². The van der Waals surface area contributed by atoms with E-state index in [1.807, 2.05) is 4.90 Å². The number of piperidine rings is 1. The molecule has 184 valence electrons. The first kappa shape index (κ1) is 22.3. The normalized spacial score (nSPS) is 34.5. The first-order valence-electron chi connectivity index (χ1n) is 13.3. The van der Waals surface area contributed by atoms with Gasteiger partial charge >= 0.3 is 0 Å². The Morgan fingerprint density at radius 1 is 1.21 bits per heavy atom. The van der Waals surface area contributed by atoms with Crippen LogP contribution in [0.3, 0.4) is 0 Å². The molecule has 7 nitrogen and oxygen atoms in total. The number of rotatable bonds is 5. The third kappa shape index (κ3) is 4.18. The summed E-state index contributed by atoms with van der Waals surface area (Å²) < 4.78 is 13.8. The van der Waals surface area contributed by atoms with Crippen LogP contribution in [0.1, 0.15) is 58.3 Å². The molecule has 0 aromatic rings. The van der Waals surface area contributed by atoms with Crippen LogP contribution in [0.5, 0.6) is 0 Å². The van der Waals surface area contributed by atoms with Gasteiger partial charge in [0.25, 0.3) is 5.91 Å². The number of hydrogen-bond donors (Lipinski definition) is 1. The van der Waals surface area contributed by atoms with Gasteiger partial charge in [0.1, 0.15) is 6.17 Å². The van der Waals surface area contributed by atoms with Crippen LogP contribution in [0.2, 0.25) is 0 Å². The van der Waals surface area contributed by atoms with Gasteiger partial charge in [0.2, 0.25) is 5.96 Å². The largest absolute Gasteiger partial charge is 0.357 e. The molecule has 34 heavy (non-hydrogen) atoms. The number of hydrogen-bond acceptors (Lipinski definition) is 4. The average molecular weight is 469 g/mol. The molecule has 4 fully saturated rings. The van der Waals surface area contributed by atoms with Crippen molar-refractivity contribution in [1.29, 1.82) is 0 Å². The molecule has 0 aromatic carbocycles. The first-order chi connectivity index (χ1) is 16.6. The van der Waals surface area contributed by atoms with Crippen LogP contribution < -0.4 is 5.32 Å². The van der Waals surface area contributed by atoms with Gasteiger partial charge in [0, 0.05) is 55.0 Å². The Hall–Kier alpha value is -2.22. The molecule has 3 aliphatic carbocycles. The molecule has 1 N–H and O–H groups in total. The van der Waals surface area contributed by atoms with E-state index in [0.29, 0.717) is 25.1 Å². The molecule has 0 aromatic heterocycles. The summed E-state index contributed by atoms with van der Waals surface area (Å²) in [5.74, 6) is 1.84. The predicted octanol–water partition coefficient (Wildman–Crippen LogP) is 3.26. The van der Waals surface area contributed by atoms with Gasteiger partial charge in [-0.2, -0.15) is 0 Å². The number of alkyl halides is 1. The maximum Gasteiger partial charge on any atom is 0.252 e. The number of nitrogens with one attached hydrogen (secondary N) is 1. The molecular formula is C26H37FN6O. The van der Waals surface area contributed by atoms with Crippen LogP contribution in [-0.2, 0) is 4.79 Å². The summed E-state index contributed by atoms with van der Waals surface area (Å²) >= 11 is 0. The van der Waals surface area contributed by atoms with Crippen molar-refractivity contribution in [3.63, 3.8) is 0 Å². The average Bonchev–Trinajstić information content (AvgIpc) is 3.56. The highest BCUT2D eigenvalue weighted by Gasteiger charge is 2.49. The zero-order valence-corrected chi connectivity index (χ0v) is 20.2. The van der Waals surface area contributed by atoms with Gasteiger partial charge < -0.3 is 15.1 Å². The van der Waals surface area contributed by atoms with Crippen molar-refractivity contribution in [2.75, 3.05) is 26.3 Å². The maximum atomic E-state index is 14.0. The highest BCUT2D eigenvalue weighted by atomic mass is 19.1. The quantitative estimate of drug-likeness (QED) is 0.629. The van der Waals surface area contributed by atoms with Crippen molar-refractivity contribution in [1.82, 2.24) is 20.0 Å². The molecule has 3 heterocycles. The zero-order valence-electron chi connectivity index (χ0n) is 20.2. The van der Waals surface area contributed by atoms with E-state index in [9.17, 15) is 9.18 Å². The van der Waals surface area contributed by atoms with E-state index in [-0.39, 0.29) is 30.0 Å². The number of carbonyl (C=O) groups excluding carboxylic acids is 1. The van der Waals surface area contributed by atoms with Crippen LogP contribution in [0.15, 0.2) is 33.4 Å². The number of allylic oxidation sites excluding steroid dienone is 2. The SMILES string of the molecule is CC(F)N1CCN(C2=CCC3C(=C2)C(=O)N(C2CCCCC2)C2NC(=NCC4CC4)N=CC32)C1. The number of aliphatic imine (C=N–C) groups is 2. The summed E-state index contributed by atoms with van der Waals surface area (Å²) in [6.07, 6.45) is 14.5. The van der Waals surface area contributed by atoms with E-state index in [1.54, 1.807) is 6.92 Å². The molecule has 6 rings (SSSR count). The molecule has 8 heteroatoms. The second kappa shape index (κ2) is 9.10. The molecule has 0 spiro atoms. The molecule has 0 bridgehead atoms. The summed E-state index contributed by atoms with van der Waals surface area (Å²) in [4.78, 5) is 29.7. The maximum absolute atomic E-state index is 14.0. The van der Waals surface area contributed by atoms with Crippen molar-refractivity contribution in [3.05, 3.63) is 23.4 Å².